The van der Waals surface area contributed by atoms with Crippen molar-refractivity contribution in [2.45, 2.75) is 12.9 Å². The standard InChI is InChI=1S/C3H10NO4P/c1-2-8-9(6,7)3(4)5/h3,5H,2,4H2,1H3,(H,6,7). The van der Waals surface area contributed by atoms with Gasteiger partial charge in [0.2, 0.25) is 5.97 Å². The van der Waals surface area contributed by atoms with Crippen molar-refractivity contribution in [2.75, 3.05) is 6.61 Å². The largest absolute Gasteiger partial charge is 0.370 e. The Morgan fingerprint density at radius 2 is 2.33 bits per heavy atom. The molecule has 0 spiro atoms. The van der Waals surface area contributed by atoms with Crippen molar-refractivity contribution in [3.8, 4) is 0 Å². The molecule has 0 heterocycles. The first-order valence-electron chi connectivity index (χ1n) is 2.41. The molecule has 2 unspecified atom stereocenters. The zero-order valence-electron chi connectivity index (χ0n) is 5.02. The maximum atomic E-state index is 10.5. The minimum atomic E-state index is -3.93. The van der Waals surface area contributed by atoms with Gasteiger partial charge in [0.25, 0.3) is 0 Å². The molecule has 2 atom stereocenters. The third-order valence-electron chi connectivity index (χ3n) is 0.648. The molecule has 6 heteroatoms. The van der Waals surface area contributed by atoms with Gasteiger partial charge in [0.05, 0.1) is 6.61 Å². The molecule has 9 heavy (non-hydrogen) atoms. The second-order valence-electron chi connectivity index (χ2n) is 1.40. The lowest BCUT2D eigenvalue weighted by Gasteiger charge is -2.11. The lowest BCUT2D eigenvalue weighted by Crippen LogP contribution is -2.20. The Kier molecular flexibility index (Phi) is 3.32. The number of hydrogen-bond donors (Lipinski definition) is 3. The summed E-state index contributed by atoms with van der Waals surface area (Å²) in [5, 5.41) is 8.35. The smallest absolute Gasteiger partial charge is 0.368 e. The second-order valence-corrected chi connectivity index (χ2v) is 3.31. The summed E-state index contributed by atoms with van der Waals surface area (Å²) in [6.45, 7) is 1.59. The Balaban J connectivity index is 3.87. The summed E-state index contributed by atoms with van der Waals surface area (Å²) in [5.41, 5.74) is 4.67. The van der Waals surface area contributed by atoms with E-state index in [1.165, 1.54) is 6.92 Å². The molecule has 0 saturated heterocycles. The Hall–Kier alpha value is 0.0700. The van der Waals surface area contributed by atoms with Gasteiger partial charge in [0.1, 0.15) is 0 Å². The Morgan fingerprint density at radius 1 is 1.89 bits per heavy atom. The van der Waals surface area contributed by atoms with Crippen molar-refractivity contribution in [1.29, 1.82) is 0 Å². The molecule has 0 aromatic rings. The number of hydrogen-bond acceptors (Lipinski definition) is 4. The van der Waals surface area contributed by atoms with Crippen LogP contribution in [0.5, 0.6) is 0 Å². The van der Waals surface area contributed by atoms with Gasteiger partial charge in [0, 0.05) is 0 Å². The fourth-order valence-corrected chi connectivity index (χ4v) is 0.784. The number of aliphatic hydroxyl groups is 1. The van der Waals surface area contributed by atoms with Gasteiger partial charge in [-0.15, -0.1) is 0 Å². The van der Waals surface area contributed by atoms with Gasteiger partial charge in [0.15, 0.2) is 0 Å². The van der Waals surface area contributed by atoms with Crippen LogP contribution in [0.1, 0.15) is 6.92 Å². The first-order valence-corrected chi connectivity index (χ1v) is 4.06. The predicted molar refractivity (Wildman–Crippen MR) is 31.6 cm³/mol. The highest BCUT2D eigenvalue weighted by molar-refractivity contribution is 7.53. The van der Waals surface area contributed by atoms with Gasteiger partial charge >= 0.3 is 7.60 Å². The van der Waals surface area contributed by atoms with E-state index >= 15 is 0 Å². The third kappa shape index (κ3) is 2.93. The summed E-state index contributed by atoms with van der Waals surface area (Å²) in [5.74, 6) is -1.79. The molecule has 0 rings (SSSR count). The Bertz CT molecular complexity index is 125. The van der Waals surface area contributed by atoms with Crippen molar-refractivity contribution in [2.24, 2.45) is 5.73 Å². The molecule has 0 saturated carbocycles. The minimum Gasteiger partial charge on any atom is -0.368 e. The molecule has 56 valence electrons. The van der Waals surface area contributed by atoms with Crippen LogP contribution in [0.2, 0.25) is 0 Å². The predicted octanol–water partition coefficient (Wildman–Crippen LogP) is -0.557. The molecule has 5 nitrogen and oxygen atoms in total. The highest BCUT2D eigenvalue weighted by Crippen LogP contribution is 2.43. The summed E-state index contributed by atoms with van der Waals surface area (Å²) in [6.07, 6.45) is 0. The van der Waals surface area contributed by atoms with E-state index in [1.54, 1.807) is 0 Å². The van der Waals surface area contributed by atoms with Crippen molar-refractivity contribution >= 4 is 7.60 Å². The molecule has 0 radical (unpaired) electrons. The normalized spacial score (nSPS) is 20.9. The van der Waals surface area contributed by atoms with Crippen LogP contribution in [0, 0.1) is 0 Å². The quantitative estimate of drug-likeness (QED) is 0.375. The van der Waals surface area contributed by atoms with E-state index in [9.17, 15) is 4.57 Å². The molecule has 0 fully saturated rings. The average Bonchev–Trinajstić information content (AvgIpc) is 1.65. The van der Waals surface area contributed by atoms with Gasteiger partial charge < -0.3 is 14.5 Å². The molecule has 0 amide bonds. The van der Waals surface area contributed by atoms with Crippen LogP contribution in [0.25, 0.3) is 0 Å². The highest BCUT2D eigenvalue weighted by atomic mass is 31.2. The van der Waals surface area contributed by atoms with E-state index in [1.807, 2.05) is 0 Å². The van der Waals surface area contributed by atoms with Crippen molar-refractivity contribution in [3.05, 3.63) is 0 Å². The molecule has 0 aromatic heterocycles. The third-order valence-corrected chi connectivity index (χ3v) is 1.95. The monoisotopic (exact) mass is 155 g/mol. The molecule has 0 aliphatic heterocycles. The van der Waals surface area contributed by atoms with Crippen LogP contribution in [-0.2, 0) is 9.09 Å². The molecular formula is C3H10NO4P. The summed E-state index contributed by atoms with van der Waals surface area (Å²) < 4.78 is 14.7. The summed E-state index contributed by atoms with van der Waals surface area (Å²) >= 11 is 0. The first-order chi connectivity index (χ1) is 4.00. The SMILES string of the molecule is CCOP(=O)(O)C(N)O. The summed E-state index contributed by atoms with van der Waals surface area (Å²) in [4.78, 5) is 8.55. The molecule has 0 aromatic carbocycles. The van der Waals surface area contributed by atoms with Crippen LogP contribution in [-0.4, -0.2) is 22.6 Å². The molecule has 4 N–H and O–H groups in total. The van der Waals surface area contributed by atoms with Crippen LogP contribution >= 0.6 is 7.60 Å². The van der Waals surface area contributed by atoms with E-state index in [0.29, 0.717) is 0 Å². The maximum absolute atomic E-state index is 10.5. The Morgan fingerprint density at radius 3 is 2.44 bits per heavy atom. The van der Waals surface area contributed by atoms with Crippen molar-refractivity contribution < 1.29 is 19.1 Å². The zero-order chi connectivity index (χ0) is 7.49. The maximum Gasteiger partial charge on any atom is 0.370 e. The summed E-state index contributed by atoms with van der Waals surface area (Å²) in [6, 6.07) is 0. The van der Waals surface area contributed by atoms with E-state index in [4.69, 9.17) is 10.00 Å². The van der Waals surface area contributed by atoms with Crippen molar-refractivity contribution in [1.82, 2.24) is 0 Å². The van der Waals surface area contributed by atoms with E-state index in [0.717, 1.165) is 0 Å². The van der Waals surface area contributed by atoms with Crippen LogP contribution in [0.15, 0.2) is 0 Å². The second kappa shape index (κ2) is 3.29. The average molecular weight is 155 g/mol. The van der Waals surface area contributed by atoms with Gasteiger partial charge in [-0.05, 0) is 6.92 Å². The topological polar surface area (TPSA) is 92.8 Å². The van der Waals surface area contributed by atoms with Gasteiger partial charge in [-0.25, -0.2) is 0 Å². The first kappa shape index (κ1) is 9.07. The van der Waals surface area contributed by atoms with Crippen LogP contribution < -0.4 is 5.73 Å². The fraction of sp³-hybridized carbons (Fsp3) is 1.00. The van der Waals surface area contributed by atoms with Gasteiger partial charge in [-0.2, -0.15) is 0 Å². The van der Waals surface area contributed by atoms with E-state index in [2.05, 4.69) is 10.3 Å². The number of aliphatic hydroxyl groups excluding tert-OH is 1. The summed E-state index contributed by atoms with van der Waals surface area (Å²) in [7, 11) is -3.93. The molecule has 0 bridgehead atoms. The Labute approximate surface area is 53.0 Å². The van der Waals surface area contributed by atoms with Crippen LogP contribution in [0.4, 0.5) is 0 Å². The zero-order valence-corrected chi connectivity index (χ0v) is 5.91. The van der Waals surface area contributed by atoms with Crippen LogP contribution in [0.3, 0.4) is 0 Å². The van der Waals surface area contributed by atoms with Gasteiger partial charge in [-0.1, -0.05) is 0 Å². The molecule has 0 aliphatic carbocycles. The van der Waals surface area contributed by atoms with Gasteiger partial charge in [-0.3, -0.25) is 10.3 Å². The van der Waals surface area contributed by atoms with E-state index in [-0.39, 0.29) is 6.61 Å². The fourth-order valence-electron chi connectivity index (χ4n) is 0.261. The number of nitrogens with two attached hydrogens (primary N) is 1. The highest BCUT2D eigenvalue weighted by Gasteiger charge is 2.25. The van der Waals surface area contributed by atoms with E-state index < -0.39 is 13.6 Å². The number of rotatable bonds is 3. The molecular weight excluding hydrogens is 145 g/mol. The lowest BCUT2D eigenvalue weighted by atomic mass is 10.9. The molecule has 0 aliphatic rings. The van der Waals surface area contributed by atoms with Crippen molar-refractivity contribution in [3.63, 3.8) is 0 Å². The minimum absolute atomic E-state index is 0.0576. The lowest BCUT2D eigenvalue weighted by molar-refractivity contribution is 0.180.